The third kappa shape index (κ3) is 2.28. The molecule has 0 bridgehead atoms. The van der Waals surface area contributed by atoms with Crippen LogP contribution >= 0.6 is 0 Å². The first kappa shape index (κ1) is 16.8. The summed E-state index contributed by atoms with van der Waals surface area (Å²) in [7, 11) is 1.77. The first-order chi connectivity index (χ1) is 11.3. The zero-order chi connectivity index (χ0) is 16.0. The number of hydrogen-bond acceptors (Lipinski definition) is 1. The van der Waals surface area contributed by atoms with Gasteiger partial charge in [0.1, 0.15) is 5.52 Å². The molecule has 0 aliphatic heterocycles. The van der Waals surface area contributed by atoms with E-state index in [2.05, 4.69) is 66.0 Å². The van der Waals surface area contributed by atoms with Gasteiger partial charge >= 0.3 is 0 Å². The minimum atomic E-state index is 0. The summed E-state index contributed by atoms with van der Waals surface area (Å²) in [6.45, 7) is 4.39. The number of halogens is 1. The second-order valence-corrected chi connectivity index (χ2v) is 5.90. The number of para-hydroxylation sites is 1. The van der Waals surface area contributed by atoms with Gasteiger partial charge in [-0.15, -0.1) is 0 Å². The third-order valence-electron chi connectivity index (χ3n) is 4.75. The number of aromatic nitrogens is 2. The molecule has 4 heteroatoms. The largest absolute Gasteiger partial charge is 1.00 e. The van der Waals surface area contributed by atoms with Crippen LogP contribution in [0.1, 0.15) is 25.0 Å². The molecule has 0 fully saturated rings. The maximum absolute atomic E-state index is 5.86. The van der Waals surface area contributed by atoms with Gasteiger partial charge in [0, 0.05) is 33.5 Å². The lowest BCUT2D eigenvalue weighted by Crippen LogP contribution is -3.00. The van der Waals surface area contributed by atoms with Crippen molar-refractivity contribution in [2.75, 3.05) is 7.11 Å². The molecule has 0 saturated heterocycles. The van der Waals surface area contributed by atoms with Crippen LogP contribution in [0.2, 0.25) is 0 Å². The van der Waals surface area contributed by atoms with Crippen molar-refractivity contribution in [2.45, 2.75) is 26.7 Å². The van der Waals surface area contributed by atoms with Crippen LogP contribution < -0.4 is 26.1 Å². The van der Waals surface area contributed by atoms with E-state index in [1.165, 1.54) is 21.9 Å². The highest BCUT2D eigenvalue weighted by Crippen LogP contribution is 2.33. The van der Waals surface area contributed by atoms with Gasteiger partial charge in [-0.1, -0.05) is 32.0 Å². The van der Waals surface area contributed by atoms with Crippen LogP contribution in [0, 0.1) is 0 Å². The first-order valence-corrected chi connectivity index (χ1v) is 8.21. The molecule has 0 aliphatic rings. The maximum atomic E-state index is 5.86. The Morgan fingerprint density at radius 2 is 1.83 bits per heavy atom. The number of rotatable bonds is 3. The Balaban J connectivity index is 0.00000169. The van der Waals surface area contributed by atoms with Crippen LogP contribution in [0.5, 0.6) is 5.75 Å². The van der Waals surface area contributed by atoms with Crippen LogP contribution in [-0.4, -0.2) is 12.1 Å². The van der Waals surface area contributed by atoms with Crippen molar-refractivity contribution in [2.24, 2.45) is 0 Å². The van der Waals surface area contributed by atoms with Crippen LogP contribution in [0.3, 0.4) is 0 Å². The van der Waals surface area contributed by atoms with Crippen LogP contribution in [0.25, 0.3) is 27.3 Å². The van der Waals surface area contributed by atoms with Gasteiger partial charge in [0.2, 0.25) is 0 Å². The van der Waals surface area contributed by atoms with E-state index in [4.69, 9.17) is 4.74 Å². The van der Waals surface area contributed by atoms with Crippen LogP contribution in [-0.2, 0) is 12.8 Å². The molecule has 1 aromatic carbocycles. The van der Waals surface area contributed by atoms with Gasteiger partial charge in [0.25, 0.3) is 5.52 Å². The van der Waals surface area contributed by atoms with E-state index in [0.717, 1.165) is 35.1 Å². The van der Waals surface area contributed by atoms with Gasteiger partial charge < -0.3 is 26.7 Å². The van der Waals surface area contributed by atoms with Gasteiger partial charge in [-0.2, -0.15) is 4.40 Å². The van der Waals surface area contributed by atoms with Crippen LogP contribution in [0.4, 0.5) is 0 Å². The van der Waals surface area contributed by atoms with Gasteiger partial charge in [-0.05, 0) is 18.9 Å². The molecule has 3 aromatic heterocycles. The van der Waals surface area contributed by atoms with E-state index < -0.39 is 0 Å². The molecule has 0 saturated carbocycles. The number of hydrogen-bond donors (Lipinski definition) is 1. The Hall–Kier alpha value is -2.07. The molecule has 0 amide bonds. The average molecular weight is 385 g/mol. The minimum absolute atomic E-state index is 0. The maximum Gasteiger partial charge on any atom is 0.277 e. The van der Waals surface area contributed by atoms with E-state index >= 15 is 0 Å². The highest BCUT2D eigenvalue weighted by atomic mass is 79.9. The van der Waals surface area contributed by atoms with E-state index in [1.807, 2.05) is 0 Å². The molecule has 1 N–H and O–H groups in total. The smallest absolute Gasteiger partial charge is 0.277 e. The highest BCUT2D eigenvalue weighted by molar-refractivity contribution is 6.11. The molecule has 4 aromatic rings. The van der Waals surface area contributed by atoms with Crippen molar-refractivity contribution in [3.8, 4) is 5.75 Å². The monoisotopic (exact) mass is 384 g/mol. The van der Waals surface area contributed by atoms with E-state index in [0.29, 0.717) is 0 Å². The number of benzene rings is 1. The molecular formula is C20H21BrN2O. The number of H-pyrrole nitrogens is 1. The van der Waals surface area contributed by atoms with E-state index in [1.54, 1.807) is 7.11 Å². The molecular weight excluding hydrogens is 364 g/mol. The summed E-state index contributed by atoms with van der Waals surface area (Å²) in [5.41, 5.74) is 6.08. The van der Waals surface area contributed by atoms with Gasteiger partial charge in [0.05, 0.1) is 7.11 Å². The van der Waals surface area contributed by atoms with Crippen molar-refractivity contribution in [1.29, 1.82) is 0 Å². The fraction of sp³-hybridized carbons (Fsp3) is 0.250. The molecule has 3 heterocycles. The second-order valence-electron chi connectivity index (χ2n) is 5.90. The molecule has 0 aliphatic carbocycles. The first-order valence-electron chi connectivity index (χ1n) is 8.21. The number of nitrogens with one attached hydrogen (secondary N) is 1. The fourth-order valence-electron chi connectivity index (χ4n) is 3.67. The zero-order valence-electron chi connectivity index (χ0n) is 14.2. The molecule has 24 heavy (non-hydrogen) atoms. The Morgan fingerprint density at radius 3 is 2.54 bits per heavy atom. The SMILES string of the molecule is CCc1c[n+]2ccc3c4ccccc4[nH]c3c2c(OC)c1CC.[Br-]. The summed E-state index contributed by atoms with van der Waals surface area (Å²) >= 11 is 0. The Kier molecular flexibility index (Phi) is 4.50. The Bertz CT molecular complexity index is 1040. The number of nitrogens with zero attached hydrogens (tertiary/aromatic N) is 1. The Morgan fingerprint density at radius 1 is 1.04 bits per heavy atom. The lowest BCUT2D eigenvalue weighted by molar-refractivity contribution is -0.511. The topological polar surface area (TPSA) is 29.1 Å². The summed E-state index contributed by atoms with van der Waals surface area (Å²) in [4.78, 5) is 3.58. The Labute approximate surface area is 152 Å². The minimum Gasteiger partial charge on any atom is -1.00 e. The standard InChI is InChI=1S/C20H20N2O.BrH/c1-4-13-12-22-11-10-16-15-8-6-7-9-17(15)21-18(16)19(22)20(23-3)14(13)5-2;/h6-12H,4-5H2,1-3H3;1H. The molecule has 0 unspecified atom stereocenters. The number of pyridine rings is 2. The van der Waals surface area contributed by atoms with Gasteiger partial charge in [0.15, 0.2) is 18.1 Å². The predicted octanol–water partition coefficient (Wildman–Crippen LogP) is 1.20. The molecule has 0 radical (unpaired) electrons. The van der Waals surface area contributed by atoms with Crippen LogP contribution in [0.15, 0.2) is 42.7 Å². The summed E-state index contributed by atoms with van der Waals surface area (Å²) in [5, 5.41) is 2.50. The number of aromatic amines is 1. The van der Waals surface area contributed by atoms with Crippen molar-refractivity contribution in [3.63, 3.8) is 0 Å². The fourth-order valence-corrected chi connectivity index (χ4v) is 3.67. The van der Waals surface area contributed by atoms with Gasteiger partial charge in [-0.25, -0.2) is 0 Å². The van der Waals surface area contributed by atoms with Crippen molar-refractivity contribution in [3.05, 3.63) is 53.9 Å². The zero-order valence-corrected chi connectivity index (χ0v) is 15.8. The third-order valence-corrected chi connectivity index (χ3v) is 4.75. The lowest BCUT2D eigenvalue weighted by atomic mass is 10.0. The summed E-state index contributed by atoms with van der Waals surface area (Å²) < 4.78 is 8.04. The van der Waals surface area contributed by atoms with E-state index in [9.17, 15) is 0 Å². The summed E-state index contributed by atoms with van der Waals surface area (Å²) in [5.74, 6) is 0.990. The summed E-state index contributed by atoms with van der Waals surface area (Å²) in [6.07, 6.45) is 6.35. The summed E-state index contributed by atoms with van der Waals surface area (Å²) in [6, 6.07) is 10.6. The molecule has 0 spiro atoms. The number of fused-ring (bicyclic) bond motifs is 5. The molecule has 3 nitrogen and oxygen atoms in total. The number of ether oxygens (including phenoxy) is 1. The molecule has 0 atom stereocenters. The second kappa shape index (κ2) is 6.44. The number of methoxy groups -OCH3 is 1. The normalized spacial score (nSPS) is 11.1. The van der Waals surface area contributed by atoms with Crippen molar-refractivity contribution < 1.29 is 26.1 Å². The van der Waals surface area contributed by atoms with Crippen molar-refractivity contribution >= 4 is 27.3 Å². The van der Waals surface area contributed by atoms with E-state index in [-0.39, 0.29) is 17.0 Å². The molecule has 124 valence electrons. The quantitative estimate of drug-likeness (QED) is 0.528. The van der Waals surface area contributed by atoms with Gasteiger partial charge in [-0.3, -0.25) is 0 Å². The predicted molar refractivity (Wildman–Crippen MR) is 94.3 cm³/mol. The van der Waals surface area contributed by atoms with Crippen molar-refractivity contribution in [1.82, 2.24) is 4.98 Å². The average Bonchev–Trinajstić information content (AvgIpc) is 2.98. The highest BCUT2D eigenvalue weighted by Gasteiger charge is 2.22. The number of aryl methyl sites for hydroxylation is 1. The lowest BCUT2D eigenvalue weighted by Gasteiger charge is -2.10. The molecule has 4 rings (SSSR count).